The van der Waals surface area contributed by atoms with E-state index in [9.17, 15) is 0 Å². The van der Waals surface area contributed by atoms with E-state index in [-0.39, 0.29) is 6.15 Å². The first-order valence-electron chi connectivity index (χ1n) is 19.2. The zero-order valence-electron chi connectivity index (χ0n) is 28.9. The van der Waals surface area contributed by atoms with Crippen molar-refractivity contribution in [3.8, 4) is 0 Å². The lowest BCUT2D eigenvalue weighted by Crippen LogP contribution is -2.65. The Bertz CT molecular complexity index is 1050. The first kappa shape index (κ1) is 34.7. The van der Waals surface area contributed by atoms with Crippen LogP contribution in [0.3, 0.4) is 0 Å². The topological polar surface area (TPSA) is 0 Å². The summed E-state index contributed by atoms with van der Waals surface area (Å²) in [6.07, 6.45) is 25.8. The molecule has 2 fully saturated rings. The molecule has 0 heterocycles. The summed E-state index contributed by atoms with van der Waals surface area (Å²) in [6, 6.07) is 34.7. The second kappa shape index (κ2) is 18.7. The van der Waals surface area contributed by atoms with Gasteiger partial charge in [0.05, 0.1) is 6.15 Å². The van der Waals surface area contributed by atoms with E-state index in [4.69, 9.17) is 0 Å². The molecule has 0 unspecified atom stereocenters. The average molecular weight is 591 g/mol. The molecule has 240 valence electrons. The minimum Gasteiger partial charge on any atom is -0.210 e. The third-order valence-corrected chi connectivity index (χ3v) is 12.3. The van der Waals surface area contributed by atoms with Crippen LogP contribution in [0.4, 0.5) is 0 Å². The summed E-state index contributed by atoms with van der Waals surface area (Å²) in [5.74, 6) is 1.73. The molecule has 0 aliphatic heterocycles. The van der Waals surface area contributed by atoms with Gasteiger partial charge in [0.1, 0.15) is 0 Å². The predicted molar refractivity (Wildman–Crippen MR) is 203 cm³/mol. The lowest BCUT2D eigenvalue weighted by Gasteiger charge is -2.56. The van der Waals surface area contributed by atoms with E-state index >= 15 is 0 Å². The first-order valence-corrected chi connectivity index (χ1v) is 19.2. The van der Waals surface area contributed by atoms with Crippen molar-refractivity contribution in [1.29, 1.82) is 0 Å². The monoisotopic (exact) mass is 591 g/mol. The molecule has 3 aromatic carbocycles. The summed E-state index contributed by atoms with van der Waals surface area (Å²) in [7, 11) is 0. The summed E-state index contributed by atoms with van der Waals surface area (Å²) < 4.78 is 0. The van der Waals surface area contributed by atoms with Gasteiger partial charge in [-0.25, -0.2) is 16.4 Å². The summed E-state index contributed by atoms with van der Waals surface area (Å²) in [5.41, 5.74) is 4.94. The number of benzene rings is 3. The Morgan fingerprint density at radius 2 is 0.750 bits per heavy atom. The van der Waals surface area contributed by atoms with Gasteiger partial charge >= 0.3 is 0 Å². The van der Waals surface area contributed by atoms with Gasteiger partial charge in [0, 0.05) is 6.15 Å². The van der Waals surface area contributed by atoms with Gasteiger partial charge in [-0.1, -0.05) is 214 Å². The van der Waals surface area contributed by atoms with Gasteiger partial charge in [0.15, 0.2) is 0 Å². The molecule has 0 nitrogen and oxygen atoms in total. The van der Waals surface area contributed by atoms with E-state index in [1.54, 1.807) is 16.4 Å². The van der Waals surface area contributed by atoms with Gasteiger partial charge in [0.25, 0.3) is 0 Å². The van der Waals surface area contributed by atoms with Gasteiger partial charge < -0.3 is 0 Å². The second-order valence-corrected chi connectivity index (χ2v) is 14.9. The van der Waals surface area contributed by atoms with Crippen molar-refractivity contribution in [3.63, 3.8) is 0 Å². The highest BCUT2D eigenvalue weighted by Gasteiger charge is 2.42. The molecule has 0 N–H and O–H groups in total. The van der Waals surface area contributed by atoms with Crippen LogP contribution in [0.1, 0.15) is 124 Å². The number of unbranched alkanes of at least 4 members (excludes halogenated alkanes) is 3. The largest absolute Gasteiger partial charge is 0.210 e. The molecule has 0 bridgehead atoms. The van der Waals surface area contributed by atoms with Crippen molar-refractivity contribution < 1.29 is 0 Å². The normalized spacial score (nSPS) is 16.7. The van der Waals surface area contributed by atoms with Crippen LogP contribution in [0, 0.1) is 0 Å². The average Bonchev–Trinajstić information content (AvgIpc) is 3.11. The van der Waals surface area contributed by atoms with E-state index < -0.39 is 6.15 Å². The fraction of sp³-hybridized carbons (Fsp3) is 0.571. The molecule has 3 aromatic rings. The van der Waals surface area contributed by atoms with Crippen LogP contribution in [0.15, 0.2) is 91.0 Å². The van der Waals surface area contributed by atoms with Crippen LogP contribution in [0.25, 0.3) is 0 Å². The Morgan fingerprint density at radius 3 is 1.07 bits per heavy atom. The van der Waals surface area contributed by atoms with Gasteiger partial charge in [-0.15, -0.1) is 0 Å². The van der Waals surface area contributed by atoms with E-state index in [2.05, 4.69) is 112 Å². The Morgan fingerprint density at radius 1 is 0.432 bits per heavy atom. The smallest absolute Gasteiger partial charge is 0.0605 e. The minimum atomic E-state index is -0.662. The molecule has 2 heteroatoms. The lowest BCUT2D eigenvalue weighted by atomic mass is 9.07. The van der Waals surface area contributed by atoms with Crippen molar-refractivity contribution in [1.82, 2.24) is 0 Å². The summed E-state index contributed by atoms with van der Waals surface area (Å²) >= 11 is 0. The van der Waals surface area contributed by atoms with Crippen LogP contribution >= 0.6 is 0 Å². The number of hydrogen-bond acceptors (Lipinski definition) is 0. The number of hydrogen-bond donors (Lipinski definition) is 0. The van der Waals surface area contributed by atoms with Gasteiger partial charge in [-0.05, 0) is 0 Å². The molecule has 0 saturated heterocycles. The summed E-state index contributed by atoms with van der Waals surface area (Å²) in [5, 5.41) is 0. The lowest BCUT2D eigenvalue weighted by molar-refractivity contribution is 0.459. The second-order valence-electron chi connectivity index (χ2n) is 14.9. The standard InChI is InChI=1S/C24H32B.C18H32B/c1-5-13-21(14-6-1)25(22-15-7-2-8-16-22,23-17-9-3-10-18-23)24-19-11-4-12-20-24;1-4-7-15-19(16-8-5-2,17-9-6-3)18-13-11-10-12-14-18/h1-2,5-8,13-16,23-24H,3-4,9-12,17-20H2;10-14H,4-9,15-17H2,1-3H3/q2*-1. The van der Waals surface area contributed by atoms with Crippen LogP contribution in [0.2, 0.25) is 30.6 Å². The molecular weight excluding hydrogens is 526 g/mol. The molecule has 0 spiro atoms. The maximum Gasteiger partial charge on any atom is 0.0605 e. The fourth-order valence-corrected chi connectivity index (χ4v) is 10.1. The highest BCUT2D eigenvalue weighted by Crippen LogP contribution is 2.47. The van der Waals surface area contributed by atoms with Crippen molar-refractivity contribution in [2.45, 2.75) is 154 Å². The third-order valence-electron chi connectivity index (χ3n) is 12.3. The highest BCUT2D eigenvalue weighted by molar-refractivity contribution is 7.04. The molecule has 0 atom stereocenters. The number of rotatable bonds is 14. The Labute approximate surface area is 273 Å². The SMILES string of the molecule is CCCC[B-](CCCC)(CCCC)c1ccccc1.c1ccc([B-](c2ccccc2)(C2CCCCC2)C2CCCCC2)cc1. The van der Waals surface area contributed by atoms with Gasteiger partial charge in [0.2, 0.25) is 0 Å². The van der Waals surface area contributed by atoms with Crippen molar-refractivity contribution in [2.75, 3.05) is 0 Å². The molecule has 2 saturated carbocycles. The molecule has 0 radical (unpaired) electrons. The Hall–Kier alpha value is -2.21. The minimum absolute atomic E-state index is 0.309. The summed E-state index contributed by atoms with van der Waals surface area (Å²) in [4.78, 5) is 0. The predicted octanol–water partition coefficient (Wildman–Crippen LogP) is 11.7. The van der Waals surface area contributed by atoms with E-state index in [0.717, 1.165) is 11.6 Å². The van der Waals surface area contributed by atoms with Gasteiger partial charge in [-0.2, -0.15) is 30.6 Å². The molecule has 0 aromatic heterocycles. The first-order chi connectivity index (χ1) is 21.7. The van der Waals surface area contributed by atoms with Gasteiger partial charge in [-0.3, -0.25) is 0 Å². The zero-order chi connectivity index (χ0) is 30.9. The maximum atomic E-state index is 2.45. The Kier molecular flexibility index (Phi) is 14.7. The van der Waals surface area contributed by atoms with Crippen LogP contribution in [-0.2, 0) is 0 Å². The Balaban J connectivity index is 0.000000210. The zero-order valence-corrected chi connectivity index (χ0v) is 28.9. The maximum absolute atomic E-state index is 2.45. The third kappa shape index (κ3) is 8.73. The molecular formula is C42H64B2-2. The fourth-order valence-electron chi connectivity index (χ4n) is 10.1. The summed E-state index contributed by atoms with van der Waals surface area (Å²) in [6.45, 7) is 6.97. The molecule has 2 aliphatic rings. The van der Waals surface area contributed by atoms with Crippen molar-refractivity contribution >= 4 is 28.7 Å². The van der Waals surface area contributed by atoms with E-state index in [1.165, 1.54) is 122 Å². The molecule has 0 amide bonds. The van der Waals surface area contributed by atoms with Crippen molar-refractivity contribution in [3.05, 3.63) is 91.0 Å². The highest BCUT2D eigenvalue weighted by atomic mass is 14.3. The van der Waals surface area contributed by atoms with Crippen molar-refractivity contribution in [2.24, 2.45) is 0 Å². The van der Waals surface area contributed by atoms with Crippen LogP contribution in [-0.4, -0.2) is 12.3 Å². The molecule has 44 heavy (non-hydrogen) atoms. The molecule has 5 rings (SSSR count). The quantitative estimate of drug-likeness (QED) is 0.164. The van der Waals surface area contributed by atoms with E-state index in [1.807, 2.05) is 0 Å². The molecule has 2 aliphatic carbocycles. The van der Waals surface area contributed by atoms with Crippen LogP contribution < -0.4 is 16.4 Å². The van der Waals surface area contributed by atoms with E-state index in [0.29, 0.717) is 0 Å². The van der Waals surface area contributed by atoms with Crippen LogP contribution in [0.5, 0.6) is 0 Å².